The van der Waals surface area contributed by atoms with Crippen LogP contribution in [0.2, 0.25) is 0 Å². The van der Waals surface area contributed by atoms with E-state index in [4.69, 9.17) is 0 Å². The molecule has 3 aliphatic rings. The van der Waals surface area contributed by atoms with Gasteiger partial charge in [0, 0.05) is 18.4 Å². The highest BCUT2D eigenvalue weighted by molar-refractivity contribution is 7.92. The first kappa shape index (κ1) is 21.9. The Morgan fingerprint density at radius 3 is 2.48 bits per heavy atom. The molecule has 3 saturated carbocycles. The summed E-state index contributed by atoms with van der Waals surface area (Å²) in [5.74, 6) is 0.404. The zero-order valence-electron chi connectivity index (χ0n) is 18.6. The van der Waals surface area contributed by atoms with Crippen LogP contribution in [0.15, 0.2) is 41.6 Å². The highest BCUT2D eigenvalue weighted by Crippen LogP contribution is 2.46. The second-order valence-electron chi connectivity index (χ2n) is 9.39. The number of carbonyl (C=O) groups is 2. The number of hydrogen-bond donors (Lipinski definition) is 1. The fourth-order valence-corrected chi connectivity index (χ4v) is 6.34. The van der Waals surface area contributed by atoms with E-state index in [1.165, 1.54) is 6.20 Å². The van der Waals surface area contributed by atoms with Crippen molar-refractivity contribution in [1.82, 2.24) is 9.97 Å². The van der Waals surface area contributed by atoms with Crippen molar-refractivity contribution >= 4 is 32.9 Å². The molecule has 172 valence electrons. The fourth-order valence-electron chi connectivity index (χ4n) is 4.41. The number of nitrogens with zero attached hydrogens (tertiary/aromatic N) is 2. The molecule has 0 saturated heterocycles. The van der Waals surface area contributed by atoms with Gasteiger partial charge in [0.05, 0.1) is 28.2 Å². The smallest absolute Gasteiger partial charge is 0.257 e. The number of benzene rings is 1. The Hall–Kier alpha value is -2.87. The largest absolute Gasteiger partial charge is 0.305 e. The van der Waals surface area contributed by atoms with E-state index >= 15 is 0 Å². The number of rotatable bonds is 7. The minimum atomic E-state index is -3.33. The predicted octanol–water partition coefficient (Wildman–Crippen LogP) is 3.99. The van der Waals surface area contributed by atoms with Gasteiger partial charge in [0.15, 0.2) is 15.7 Å². The van der Waals surface area contributed by atoms with Gasteiger partial charge in [-0.05, 0) is 74.1 Å². The van der Waals surface area contributed by atoms with E-state index < -0.39 is 9.84 Å². The molecule has 3 aliphatic carbocycles. The van der Waals surface area contributed by atoms with Crippen LogP contribution in [-0.2, 0) is 19.4 Å². The summed E-state index contributed by atoms with van der Waals surface area (Å²) in [6, 6.07) is 5.27. The number of allylic oxidation sites excluding steroid dienone is 1. The first-order valence-corrected chi connectivity index (χ1v) is 13.1. The van der Waals surface area contributed by atoms with E-state index in [2.05, 4.69) is 15.3 Å². The minimum absolute atomic E-state index is 0.0124. The zero-order chi connectivity index (χ0) is 23.2. The van der Waals surface area contributed by atoms with Crippen LogP contribution in [0.5, 0.6) is 0 Å². The summed E-state index contributed by atoms with van der Waals surface area (Å²) in [5.41, 5.74) is 2.67. The second kappa shape index (κ2) is 8.48. The van der Waals surface area contributed by atoms with Crippen LogP contribution in [0.1, 0.15) is 67.7 Å². The average molecular weight is 466 g/mol. The third-order valence-electron chi connectivity index (χ3n) is 6.56. The lowest BCUT2D eigenvalue weighted by Crippen LogP contribution is -2.17. The normalized spacial score (nSPS) is 21.3. The summed E-state index contributed by atoms with van der Waals surface area (Å²) in [5, 5.41) is 2.53. The second-order valence-corrected chi connectivity index (χ2v) is 11.6. The lowest BCUT2D eigenvalue weighted by atomic mass is 9.95. The molecule has 1 aromatic heterocycles. The van der Waals surface area contributed by atoms with Gasteiger partial charge in [0.25, 0.3) is 5.91 Å². The monoisotopic (exact) mass is 465 g/mol. The Bertz CT molecular complexity index is 1240. The molecule has 3 fully saturated rings. The van der Waals surface area contributed by atoms with Crippen molar-refractivity contribution in [1.29, 1.82) is 0 Å². The van der Waals surface area contributed by atoms with Gasteiger partial charge in [-0.1, -0.05) is 12.1 Å². The van der Waals surface area contributed by atoms with E-state index in [0.29, 0.717) is 41.1 Å². The first-order valence-electron chi connectivity index (χ1n) is 11.5. The van der Waals surface area contributed by atoms with Gasteiger partial charge in [0.2, 0.25) is 0 Å². The van der Waals surface area contributed by atoms with Crippen molar-refractivity contribution in [3.8, 4) is 0 Å². The molecule has 0 bridgehead atoms. The molecule has 33 heavy (non-hydrogen) atoms. The minimum Gasteiger partial charge on any atom is -0.305 e. The maximum atomic E-state index is 13.3. The lowest BCUT2D eigenvalue weighted by molar-refractivity contribution is -0.117. The molecule has 1 heterocycles. The van der Waals surface area contributed by atoms with Crippen molar-refractivity contribution in [2.24, 2.45) is 5.92 Å². The van der Waals surface area contributed by atoms with E-state index in [-0.39, 0.29) is 28.8 Å². The molecule has 2 aromatic rings. The van der Waals surface area contributed by atoms with E-state index in [0.717, 1.165) is 36.9 Å². The lowest BCUT2D eigenvalue weighted by Gasteiger charge is -2.15. The molecule has 8 heteroatoms. The molecule has 1 N–H and O–H groups in total. The SMILES string of the molecule is Cc1cnc(NC(=O)C(=C[C@H]2CCC(=O)C2)c2ccc(S(=O)(=O)C3CC3)c(C3CC3)c2)cn1. The number of Topliss-reactive ketones (excluding diaryl/α,β-unsaturated/α-hetero) is 1. The van der Waals surface area contributed by atoms with E-state index in [1.54, 1.807) is 18.3 Å². The molecular weight excluding hydrogens is 438 g/mol. The van der Waals surface area contributed by atoms with Crippen LogP contribution in [0.4, 0.5) is 5.82 Å². The van der Waals surface area contributed by atoms with Crippen molar-refractivity contribution in [3.63, 3.8) is 0 Å². The van der Waals surface area contributed by atoms with Crippen LogP contribution in [-0.4, -0.2) is 35.3 Å². The summed E-state index contributed by atoms with van der Waals surface area (Å²) in [7, 11) is -3.33. The standard InChI is InChI=1S/C25H27N3O4S/c1-15-13-27-24(14-26-15)28-25(30)22(11-16-2-6-19(29)10-16)18-5-9-23(21(12-18)17-3-4-17)33(31,32)20-7-8-20/h5,9,11-14,16-17,20H,2-4,6-8,10H2,1H3,(H,27,28,30)/t16-/m0/s1. The zero-order valence-corrected chi connectivity index (χ0v) is 19.4. The predicted molar refractivity (Wildman–Crippen MR) is 124 cm³/mol. The quantitative estimate of drug-likeness (QED) is 0.620. The number of ketones is 1. The molecule has 0 aliphatic heterocycles. The van der Waals surface area contributed by atoms with Crippen molar-refractivity contribution in [3.05, 3.63) is 53.5 Å². The number of aromatic nitrogens is 2. The van der Waals surface area contributed by atoms with Crippen molar-refractivity contribution in [2.45, 2.75) is 67.9 Å². The maximum absolute atomic E-state index is 13.3. The highest BCUT2D eigenvalue weighted by atomic mass is 32.2. The summed E-state index contributed by atoms with van der Waals surface area (Å²) in [6.07, 6.45) is 9.95. The summed E-state index contributed by atoms with van der Waals surface area (Å²) >= 11 is 0. The Balaban J connectivity index is 1.52. The Morgan fingerprint density at radius 2 is 1.88 bits per heavy atom. The van der Waals surface area contributed by atoms with Gasteiger partial charge in [0.1, 0.15) is 5.78 Å². The maximum Gasteiger partial charge on any atom is 0.257 e. The third kappa shape index (κ3) is 4.76. The van der Waals surface area contributed by atoms with Gasteiger partial charge in [-0.3, -0.25) is 14.6 Å². The summed E-state index contributed by atoms with van der Waals surface area (Å²) in [6.45, 7) is 1.82. The Kier molecular flexibility index (Phi) is 5.64. The topological polar surface area (TPSA) is 106 Å². The van der Waals surface area contributed by atoms with Crippen LogP contribution < -0.4 is 5.32 Å². The molecule has 1 amide bonds. The van der Waals surface area contributed by atoms with Gasteiger partial charge < -0.3 is 5.32 Å². The molecule has 0 unspecified atom stereocenters. The molecule has 1 aromatic carbocycles. The average Bonchev–Trinajstić information content (AvgIpc) is 3.70. The van der Waals surface area contributed by atoms with Crippen LogP contribution in [0.25, 0.3) is 5.57 Å². The first-order chi connectivity index (χ1) is 15.8. The Morgan fingerprint density at radius 1 is 1.09 bits per heavy atom. The van der Waals surface area contributed by atoms with Gasteiger partial charge in [-0.2, -0.15) is 0 Å². The van der Waals surface area contributed by atoms with Gasteiger partial charge >= 0.3 is 0 Å². The number of nitrogens with one attached hydrogen (secondary N) is 1. The van der Waals surface area contributed by atoms with Gasteiger partial charge in [-0.25, -0.2) is 13.4 Å². The number of anilines is 1. The highest BCUT2D eigenvalue weighted by Gasteiger charge is 2.40. The number of carbonyl (C=O) groups excluding carboxylic acids is 2. The van der Waals surface area contributed by atoms with Crippen molar-refractivity contribution in [2.75, 3.05) is 5.32 Å². The summed E-state index contributed by atoms with van der Waals surface area (Å²) < 4.78 is 26.0. The number of hydrogen-bond acceptors (Lipinski definition) is 6. The molecule has 5 rings (SSSR count). The van der Waals surface area contributed by atoms with Crippen LogP contribution in [0.3, 0.4) is 0 Å². The van der Waals surface area contributed by atoms with Crippen LogP contribution >= 0.6 is 0 Å². The van der Waals surface area contributed by atoms with Crippen molar-refractivity contribution < 1.29 is 18.0 Å². The molecule has 0 spiro atoms. The fraction of sp³-hybridized carbons (Fsp3) is 0.440. The third-order valence-corrected chi connectivity index (χ3v) is 8.89. The molecule has 0 radical (unpaired) electrons. The van der Waals surface area contributed by atoms with E-state index in [9.17, 15) is 18.0 Å². The summed E-state index contributed by atoms with van der Waals surface area (Å²) in [4.78, 5) is 33.9. The molecular formula is C25H27N3O4S. The van der Waals surface area contributed by atoms with Crippen LogP contribution in [0, 0.1) is 12.8 Å². The van der Waals surface area contributed by atoms with E-state index in [1.807, 2.05) is 19.1 Å². The van der Waals surface area contributed by atoms with Gasteiger partial charge in [-0.15, -0.1) is 0 Å². The number of amides is 1. The molecule has 1 atom stereocenters. The number of sulfone groups is 1. The number of aryl methyl sites for hydroxylation is 1. The molecule has 7 nitrogen and oxygen atoms in total. The Labute approximate surface area is 193 Å².